The molecule has 1 nitrogen and oxygen atoms in total. The third kappa shape index (κ3) is 3.63. The fraction of sp³-hybridized carbons (Fsp3) is 0.368. The molecule has 0 fully saturated rings. The number of hydrogen-bond acceptors (Lipinski definition) is 1. The van der Waals surface area contributed by atoms with Crippen LogP contribution >= 0.6 is 0 Å². The smallest absolute Gasteiger partial charge is 0.123 e. The van der Waals surface area contributed by atoms with Crippen LogP contribution in [0.15, 0.2) is 48.5 Å². The predicted octanol–water partition coefficient (Wildman–Crippen LogP) is 5.51. The number of benzene rings is 2. The Kier molecular flexibility index (Phi) is 4.84. The lowest BCUT2D eigenvalue weighted by Crippen LogP contribution is -2.01. The molecule has 0 atom stereocenters. The minimum Gasteiger partial charge on any atom is -0.489 e. The average Bonchev–Trinajstić information content (AvgIpc) is 2.45. The Morgan fingerprint density at radius 1 is 0.850 bits per heavy atom. The molecule has 2 rings (SSSR count). The Hall–Kier alpha value is -1.76. The Morgan fingerprint density at radius 3 is 2.15 bits per heavy atom. The van der Waals surface area contributed by atoms with Crippen molar-refractivity contribution < 1.29 is 4.74 Å². The summed E-state index contributed by atoms with van der Waals surface area (Å²) in [7, 11) is 0. The highest BCUT2D eigenvalue weighted by atomic mass is 16.5. The van der Waals surface area contributed by atoms with Crippen molar-refractivity contribution in [2.45, 2.75) is 46.1 Å². The zero-order chi connectivity index (χ0) is 14.5. The molecule has 2 aromatic rings. The first-order valence-electron chi connectivity index (χ1n) is 7.38. The molecule has 0 aliphatic heterocycles. The fourth-order valence-corrected chi connectivity index (χ4v) is 2.24. The molecule has 0 aromatic heterocycles. The van der Waals surface area contributed by atoms with Gasteiger partial charge in [0.05, 0.1) is 0 Å². The maximum Gasteiger partial charge on any atom is 0.123 e. The molecule has 0 bridgehead atoms. The highest BCUT2D eigenvalue weighted by molar-refractivity contribution is 5.40. The fourth-order valence-electron chi connectivity index (χ4n) is 2.24. The van der Waals surface area contributed by atoms with Crippen LogP contribution in [0.25, 0.3) is 0 Å². The summed E-state index contributed by atoms with van der Waals surface area (Å²) >= 11 is 0. The molecule has 0 saturated carbocycles. The molecule has 2 aromatic carbocycles. The van der Waals surface area contributed by atoms with Crippen molar-refractivity contribution in [2.24, 2.45) is 0 Å². The number of hydrogen-bond donors (Lipinski definition) is 0. The van der Waals surface area contributed by atoms with Gasteiger partial charge in [0.25, 0.3) is 0 Å². The van der Waals surface area contributed by atoms with Gasteiger partial charge < -0.3 is 4.74 Å². The molecule has 0 spiro atoms. The lowest BCUT2D eigenvalue weighted by atomic mass is 9.95. The summed E-state index contributed by atoms with van der Waals surface area (Å²) in [5.41, 5.74) is 3.88. The van der Waals surface area contributed by atoms with E-state index in [0.717, 1.165) is 5.75 Å². The van der Waals surface area contributed by atoms with Crippen molar-refractivity contribution in [1.82, 2.24) is 0 Å². The summed E-state index contributed by atoms with van der Waals surface area (Å²) in [6, 6.07) is 16.9. The van der Waals surface area contributed by atoms with Gasteiger partial charge in [-0.25, -0.2) is 0 Å². The first kappa shape index (κ1) is 14.6. The molecular formula is C19H24O. The largest absolute Gasteiger partial charge is 0.489 e. The molecule has 0 unspecified atom stereocenters. The molecule has 106 valence electrons. The van der Waals surface area contributed by atoms with Crippen LogP contribution in [0.5, 0.6) is 5.75 Å². The molecule has 0 heterocycles. The van der Waals surface area contributed by atoms with Gasteiger partial charge >= 0.3 is 0 Å². The Morgan fingerprint density at radius 2 is 1.55 bits per heavy atom. The van der Waals surface area contributed by atoms with E-state index in [4.69, 9.17) is 4.74 Å². The topological polar surface area (TPSA) is 9.23 Å². The summed E-state index contributed by atoms with van der Waals surface area (Å²) in [5, 5.41) is 0. The third-order valence-corrected chi connectivity index (χ3v) is 3.56. The quantitative estimate of drug-likeness (QED) is 0.694. The molecule has 0 N–H and O–H groups in total. The minimum absolute atomic E-state index is 0.472. The van der Waals surface area contributed by atoms with Crippen molar-refractivity contribution in [3.8, 4) is 5.75 Å². The van der Waals surface area contributed by atoms with Gasteiger partial charge in [-0.15, -0.1) is 0 Å². The van der Waals surface area contributed by atoms with Crippen LogP contribution in [-0.2, 0) is 6.61 Å². The molecule has 0 aliphatic rings. The molecule has 0 aliphatic carbocycles. The van der Waals surface area contributed by atoms with E-state index >= 15 is 0 Å². The minimum atomic E-state index is 0.472. The third-order valence-electron chi connectivity index (χ3n) is 3.56. The summed E-state index contributed by atoms with van der Waals surface area (Å²) < 4.78 is 6.02. The highest BCUT2D eigenvalue weighted by Gasteiger charge is 2.10. The normalized spacial score (nSPS) is 11.1. The summed E-state index contributed by atoms with van der Waals surface area (Å²) in [4.78, 5) is 0. The van der Waals surface area contributed by atoms with E-state index in [0.29, 0.717) is 18.4 Å². The Labute approximate surface area is 122 Å². The van der Waals surface area contributed by atoms with E-state index in [1.165, 1.54) is 16.7 Å². The van der Waals surface area contributed by atoms with Crippen molar-refractivity contribution >= 4 is 0 Å². The van der Waals surface area contributed by atoms with Gasteiger partial charge in [-0.3, -0.25) is 0 Å². The van der Waals surface area contributed by atoms with Crippen LogP contribution in [0.1, 0.15) is 56.2 Å². The van der Waals surface area contributed by atoms with Crippen LogP contribution in [0.4, 0.5) is 0 Å². The summed E-state index contributed by atoms with van der Waals surface area (Å²) in [6.45, 7) is 9.51. The molecule has 0 radical (unpaired) electrons. The number of rotatable bonds is 5. The highest BCUT2D eigenvalue weighted by Crippen LogP contribution is 2.30. The van der Waals surface area contributed by atoms with Gasteiger partial charge in [-0.2, -0.15) is 0 Å². The zero-order valence-electron chi connectivity index (χ0n) is 12.9. The van der Waals surface area contributed by atoms with Crippen LogP contribution < -0.4 is 4.74 Å². The van der Waals surface area contributed by atoms with Gasteiger partial charge in [-0.1, -0.05) is 70.2 Å². The van der Waals surface area contributed by atoms with Gasteiger partial charge in [-0.05, 0) is 34.6 Å². The van der Waals surface area contributed by atoms with Crippen LogP contribution in [0, 0.1) is 0 Å². The predicted molar refractivity (Wildman–Crippen MR) is 85.4 cm³/mol. The second-order valence-electron chi connectivity index (χ2n) is 5.88. The second kappa shape index (κ2) is 6.60. The second-order valence-corrected chi connectivity index (χ2v) is 5.88. The summed E-state index contributed by atoms with van der Waals surface area (Å²) in [5.74, 6) is 2.03. The lowest BCUT2D eigenvalue weighted by molar-refractivity contribution is 0.301. The molecule has 1 heteroatoms. The molecule has 0 saturated heterocycles. The van der Waals surface area contributed by atoms with E-state index in [1.807, 2.05) is 18.2 Å². The van der Waals surface area contributed by atoms with Gasteiger partial charge in [0.1, 0.15) is 12.4 Å². The van der Waals surface area contributed by atoms with E-state index in [2.05, 4.69) is 58.0 Å². The summed E-state index contributed by atoms with van der Waals surface area (Å²) in [6.07, 6.45) is 0. The van der Waals surface area contributed by atoms with Gasteiger partial charge in [0, 0.05) is 0 Å². The lowest BCUT2D eigenvalue weighted by Gasteiger charge is -2.17. The van der Waals surface area contributed by atoms with Crippen LogP contribution in [0.2, 0.25) is 0 Å². The zero-order valence-corrected chi connectivity index (χ0v) is 12.9. The monoisotopic (exact) mass is 268 g/mol. The standard InChI is InChI=1S/C19H24O/c1-14(2)17-10-11-19(18(12-17)15(3)4)20-13-16-8-6-5-7-9-16/h5-12,14-15H,13H2,1-4H3. The molecular weight excluding hydrogens is 244 g/mol. The van der Waals surface area contributed by atoms with Crippen molar-refractivity contribution in [3.05, 3.63) is 65.2 Å². The average molecular weight is 268 g/mol. The molecule has 20 heavy (non-hydrogen) atoms. The molecule has 0 amide bonds. The van der Waals surface area contributed by atoms with Gasteiger partial charge in [0.15, 0.2) is 0 Å². The maximum atomic E-state index is 6.02. The first-order valence-corrected chi connectivity index (χ1v) is 7.38. The van der Waals surface area contributed by atoms with Crippen molar-refractivity contribution in [3.63, 3.8) is 0 Å². The van der Waals surface area contributed by atoms with E-state index in [9.17, 15) is 0 Å². The van der Waals surface area contributed by atoms with Gasteiger partial charge in [0.2, 0.25) is 0 Å². The Balaban J connectivity index is 2.18. The van der Waals surface area contributed by atoms with Crippen LogP contribution in [-0.4, -0.2) is 0 Å². The van der Waals surface area contributed by atoms with Crippen molar-refractivity contribution in [2.75, 3.05) is 0 Å². The van der Waals surface area contributed by atoms with E-state index in [1.54, 1.807) is 0 Å². The maximum absolute atomic E-state index is 6.02. The van der Waals surface area contributed by atoms with E-state index in [-0.39, 0.29) is 0 Å². The SMILES string of the molecule is CC(C)c1ccc(OCc2ccccc2)c(C(C)C)c1. The Bertz CT molecular complexity index is 541. The van der Waals surface area contributed by atoms with E-state index < -0.39 is 0 Å². The number of ether oxygens (including phenoxy) is 1. The van der Waals surface area contributed by atoms with Crippen LogP contribution in [0.3, 0.4) is 0 Å². The first-order chi connectivity index (χ1) is 9.58. The van der Waals surface area contributed by atoms with Crippen molar-refractivity contribution in [1.29, 1.82) is 0 Å².